The van der Waals surface area contributed by atoms with Crippen molar-refractivity contribution in [2.45, 2.75) is 6.92 Å². The molecule has 0 radical (unpaired) electrons. The number of H-pyrrole nitrogens is 1. The summed E-state index contributed by atoms with van der Waals surface area (Å²) >= 11 is 6.00. The van der Waals surface area contributed by atoms with Crippen LogP contribution in [-0.2, 0) is 0 Å². The van der Waals surface area contributed by atoms with Gasteiger partial charge in [0.05, 0.1) is 6.20 Å². The van der Waals surface area contributed by atoms with E-state index in [1.54, 1.807) is 0 Å². The van der Waals surface area contributed by atoms with Crippen LogP contribution in [0.15, 0.2) is 59.5 Å². The SMILES string of the molecule is Cc1ccccc1Oc1ccc(-c2cn[nH]c(=O)c2Cl)cc1. The van der Waals surface area contributed by atoms with E-state index in [0.717, 1.165) is 16.9 Å². The van der Waals surface area contributed by atoms with Crippen molar-refractivity contribution in [1.82, 2.24) is 10.2 Å². The van der Waals surface area contributed by atoms with Crippen LogP contribution in [0.4, 0.5) is 0 Å². The summed E-state index contributed by atoms with van der Waals surface area (Å²) in [5.41, 5.74) is 2.06. The van der Waals surface area contributed by atoms with Crippen molar-refractivity contribution < 1.29 is 4.74 Å². The maximum atomic E-state index is 11.5. The third-order valence-corrected chi connectivity index (χ3v) is 3.66. The summed E-state index contributed by atoms with van der Waals surface area (Å²) in [6.07, 6.45) is 1.53. The van der Waals surface area contributed by atoms with Crippen molar-refractivity contribution in [3.05, 3.63) is 75.7 Å². The molecule has 0 fully saturated rings. The Balaban J connectivity index is 1.89. The van der Waals surface area contributed by atoms with Gasteiger partial charge in [0.15, 0.2) is 0 Å². The highest BCUT2D eigenvalue weighted by Crippen LogP contribution is 2.29. The number of halogens is 1. The zero-order valence-electron chi connectivity index (χ0n) is 11.8. The van der Waals surface area contributed by atoms with Crippen LogP contribution >= 0.6 is 11.6 Å². The normalized spacial score (nSPS) is 10.5. The molecule has 2 aromatic carbocycles. The summed E-state index contributed by atoms with van der Waals surface area (Å²) in [5.74, 6) is 1.53. The standard InChI is InChI=1S/C17H13ClN2O2/c1-11-4-2-3-5-15(11)22-13-8-6-12(7-9-13)14-10-19-20-17(21)16(14)18/h2-10H,1H3,(H,20,21). The fourth-order valence-electron chi connectivity index (χ4n) is 2.09. The van der Waals surface area contributed by atoms with Gasteiger partial charge in [-0.1, -0.05) is 41.9 Å². The molecule has 0 amide bonds. The largest absolute Gasteiger partial charge is 0.457 e. The summed E-state index contributed by atoms with van der Waals surface area (Å²) in [5, 5.41) is 6.20. The van der Waals surface area contributed by atoms with E-state index in [9.17, 15) is 4.79 Å². The third-order valence-electron chi connectivity index (χ3n) is 3.28. The van der Waals surface area contributed by atoms with Crippen LogP contribution in [0.3, 0.4) is 0 Å². The molecule has 3 aromatic rings. The summed E-state index contributed by atoms with van der Waals surface area (Å²) in [4.78, 5) is 11.5. The van der Waals surface area contributed by atoms with Gasteiger partial charge in [0, 0.05) is 5.56 Å². The van der Waals surface area contributed by atoms with Gasteiger partial charge >= 0.3 is 0 Å². The molecule has 5 heteroatoms. The number of aryl methyl sites for hydroxylation is 1. The van der Waals surface area contributed by atoms with Gasteiger partial charge in [-0.05, 0) is 36.2 Å². The number of aromatic amines is 1. The van der Waals surface area contributed by atoms with Crippen LogP contribution in [0.1, 0.15) is 5.56 Å². The van der Waals surface area contributed by atoms with E-state index in [-0.39, 0.29) is 5.02 Å². The van der Waals surface area contributed by atoms with Gasteiger partial charge in [0.25, 0.3) is 5.56 Å². The van der Waals surface area contributed by atoms with Crippen LogP contribution in [0.5, 0.6) is 11.5 Å². The van der Waals surface area contributed by atoms with Crippen LogP contribution in [0.2, 0.25) is 5.02 Å². The Bertz CT molecular complexity index is 857. The number of nitrogens with zero attached hydrogens (tertiary/aromatic N) is 1. The second kappa shape index (κ2) is 6.03. The van der Waals surface area contributed by atoms with Crippen molar-refractivity contribution in [3.63, 3.8) is 0 Å². The molecule has 0 spiro atoms. The Morgan fingerprint density at radius 3 is 2.55 bits per heavy atom. The fourth-order valence-corrected chi connectivity index (χ4v) is 2.29. The first kappa shape index (κ1) is 14.4. The first-order chi connectivity index (χ1) is 10.6. The minimum absolute atomic E-state index is 0.127. The number of para-hydroxylation sites is 1. The van der Waals surface area contributed by atoms with E-state index in [2.05, 4.69) is 10.2 Å². The van der Waals surface area contributed by atoms with Gasteiger partial charge < -0.3 is 4.74 Å². The number of aromatic nitrogens is 2. The topological polar surface area (TPSA) is 55.0 Å². The Labute approximate surface area is 132 Å². The molecule has 4 nitrogen and oxygen atoms in total. The average molecular weight is 313 g/mol. The second-order valence-corrected chi connectivity index (χ2v) is 5.20. The Morgan fingerprint density at radius 1 is 1.09 bits per heavy atom. The Kier molecular flexibility index (Phi) is 3.94. The maximum absolute atomic E-state index is 11.5. The summed E-state index contributed by atoms with van der Waals surface area (Å²) in [7, 11) is 0. The van der Waals surface area contributed by atoms with Crippen molar-refractivity contribution in [2.24, 2.45) is 0 Å². The molecule has 0 aliphatic carbocycles. The molecular weight excluding hydrogens is 300 g/mol. The van der Waals surface area contributed by atoms with Gasteiger partial charge in [-0.15, -0.1) is 0 Å². The summed E-state index contributed by atoms with van der Waals surface area (Å²) in [6.45, 7) is 1.99. The van der Waals surface area contributed by atoms with Crippen LogP contribution in [0, 0.1) is 6.92 Å². The lowest BCUT2D eigenvalue weighted by molar-refractivity contribution is 0.479. The molecule has 22 heavy (non-hydrogen) atoms. The maximum Gasteiger partial charge on any atom is 0.283 e. The molecule has 0 saturated heterocycles. The predicted molar refractivity (Wildman–Crippen MR) is 86.6 cm³/mol. The zero-order valence-corrected chi connectivity index (χ0v) is 12.6. The number of benzene rings is 2. The minimum atomic E-state index is -0.403. The molecule has 1 heterocycles. The van der Waals surface area contributed by atoms with Crippen molar-refractivity contribution in [2.75, 3.05) is 0 Å². The van der Waals surface area contributed by atoms with Crippen molar-refractivity contribution in [1.29, 1.82) is 0 Å². The molecule has 0 aliphatic heterocycles. The van der Waals surface area contributed by atoms with E-state index in [1.165, 1.54) is 6.20 Å². The van der Waals surface area contributed by atoms with E-state index in [0.29, 0.717) is 11.3 Å². The number of nitrogens with one attached hydrogen (secondary N) is 1. The molecule has 0 saturated carbocycles. The van der Waals surface area contributed by atoms with E-state index >= 15 is 0 Å². The molecule has 0 bridgehead atoms. The van der Waals surface area contributed by atoms with Gasteiger partial charge in [-0.2, -0.15) is 5.10 Å². The van der Waals surface area contributed by atoms with E-state index < -0.39 is 5.56 Å². The monoisotopic (exact) mass is 312 g/mol. The van der Waals surface area contributed by atoms with Gasteiger partial charge in [-0.3, -0.25) is 4.79 Å². The summed E-state index contributed by atoms with van der Waals surface area (Å²) in [6, 6.07) is 15.2. The number of ether oxygens (including phenoxy) is 1. The fraction of sp³-hybridized carbons (Fsp3) is 0.0588. The smallest absolute Gasteiger partial charge is 0.283 e. The highest BCUT2D eigenvalue weighted by atomic mass is 35.5. The minimum Gasteiger partial charge on any atom is -0.457 e. The van der Waals surface area contributed by atoms with Crippen molar-refractivity contribution in [3.8, 4) is 22.6 Å². The van der Waals surface area contributed by atoms with E-state index in [1.807, 2.05) is 55.5 Å². The van der Waals surface area contributed by atoms with Crippen LogP contribution in [-0.4, -0.2) is 10.2 Å². The number of rotatable bonds is 3. The van der Waals surface area contributed by atoms with E-state index in [4.69, 9.17) is 16.3 Å². The number of hydrogen-bond acceptors (Lipinski definition) is 3. The van der Waals surface area contributed by atoms with Gasteiger partial charge in [0.1, 0.15) is 16.5 Å². The van der Waals surface area contributed by atoms with Crippen LogP contribution < -0.4 is 10.3 Å². The quantitative estimate of drug-likeness (QED) is 0.789. The molecule has 0 unspecified atom stereocenters. The zero-order chi connectivity index (χ0) is 15.5. The lowest BCUT2D eigenvalue weighted by Crippen LogP contribution is -2.08. The molecule has 3 rings (SSSR count). The number of hydrogen-bond donors (Lipinski definition) is 1. The Morgan fingerprint density at radius 2 is 1.82 bits per heavy atom. The highest BCUT2D eigenvalue weighted by Gasteiger charge is 2.08. The van der Waals surface area contributed by atoms with Crippen LogP contribution in [0.25, 0.3) is 11.1 Å². The molecule has 1 N–H and O–H groups in total. The van der Waals surface area contributed by atoms with Gasteiger partial charge in [-0.25, -0.2) is 5.10 Å². The third kappa shape index (κ3) is 2.87. The first-order valence-corrected chi connectivity index (χ1v) is 7.10. The Hall–Kier alpha value is -2.59. The molecule has 0 aliphatic rings. The lowest BCUT2D eigenvalue weighted by atomic mass is 10.1. The second-order valence-electron chi connectivity index (χ2n) is 4.82. The lowest BCUT2D eigenvalue weighted by Gasteiger charge is -2.09. The summed E-state index contributed by atoms with van der Waals surface area (Å²) < 4.78 is 5.84. The molecule has 110 valence electrons. The molecule has 1 aromatic heterocycles. The molecule has 0 atom stereocenters. The van der Waals surface area contributed by atoms with Gasteiger partial charge in [0.2, 0.25) is 0 Å². The average Bonchev–Trinajstić information content (AvgIpc) is 2.53. The van der Waals surface area contributed by atoms with Crippen molar-refractivity contribution >= 4 is 11.6 Å². The highest BCUT2D eigenvalue weighted by molar-refractivity contribution is 6.33. The first-order valence-electron chi connectivity index (χ1n) is 6.72. The molecular formula is C17H13ClN2O2. The predicted octanol–water partition coefficient (Wildman–Crippen LogP) is 4.19.